The largest absolute Gasteiger partial charge is 0.390 e. The fraction of sp³-hybridized carbons (Fsp3) is 0.900. The third kappa shape index (κ3) is 1.64. The van der Waals surface area contributed by atoms with Gasteiger partial charge in [0.25, 0.3) is 0 Å². The molecule has 0 bridgehead atoms. The average molecular weight is 199 g/mol. The summed E-state index contributed by atoms with van der Waals surface area (Å²) in [5.41, 5.74) is 0. The molecule has 2 N–H and O–H groups in total. The maximum absolute atomic E-state index is 10.8. The molecule has 0 spiro atoms. The number of carbonyl (C=O) groups is 1. The predicted octanol–water partition coefficient (Wildman–Crippen LogP) is 0.0509. The Morgan fingerprint density at radius 1 is 1.50 bits per heavy atom. The summed E-state index contributed by atoms with van der Waals surface area (Å²) in [7, 11) is 1.63. The lowest BCUT2D eigenvalue weighted by Crippen LogP contribution is -2.58. The lowest BCUT2D eigenvalue weighted by atomic mass is 9.76. The van der Waals surface area contributed by atoms with Gasteiger partial charge in [-0.05, 0) is 12.8 Å². The second kappa shape index (κ2) is 3.87. The van der Waals surface area contributed by atoms with Gasteiger partial charge in [-0.15, -0.1) is 0 Å². The SMILES string of the molecule is CO[C@@H]1CCC[C@H]([C@@H]2CC(=O)N2)C1O. The molecule has 4 heteroatoms. The molecule has 2 fully saturated rings. The molecular formula is C10H17NO3. The molecule has 80 valence electrons. The van der Waals surface area contributed by atoms with Crippen LogP contribution in [-0.2, 0) is 9.53 Å². The number of ether oxygens (including phenoxy) is 1. The van der Waals surface area contributed by atoms with Crippen LogP contribution in [0.25, 0.3) is 0 Å². The lowest BCUT2D eigenvalue weighted by molar-refractivity contribution is -0.134. The standard InChI is InChI=1S/C10H17NO3/c1-14-8-4-2-3-6(10(8)13)7-5-9(12)11-7/h6-8,10,13H,2-5H2,1H3,(H,11,12)/t6-,7+,8-,10?/m1/s1. The number of nitrogens with one attached hydrogen (secondary N) is 1. The van der Waals surface area contributed by atoms with Crippen molar-refractivity contribution >= 4 is 5.91 Å². The third-order valence-corrected chi connectivity index (χ3v) is 3.42. The zero-order valence-corrected chi connectivity index (χ0v) is 8.40. The van der Waals surface area contributed by atoms with Crippen LogP contribution >= 0.6 is 0 Å². The zero-order valence-electron chi connectivity index (χ0n) is 8.40. The Labute approximate surface area is 83.6 Å². The summed E-state index contributed by atoms with van der Waals surface area (Å²) >= 11 is 0. The molecule has 1 saturated heterocycles. The van der Waals surface area contributed by atoms with Gasteiger partial charge in [-0.2, -0.15) is 0 Å². The Morgan fingerprint density at radius 2 is 2.21 bits per heavy atom. The van der Waals surface area contributed by atoms with E-state index < -0.39 is 6.10 Å². The first-order valence-corrected chi connectivity index (χ1v) is 5.22. The van der Waals surface area contributed by atoms with Crippen LogP contribution in [0.3, 0.4) is 0 Å². The number of aliphatic hydroxyl groups is 1. The van der Waals surface area contributed by atoms with E-state index in [0.717, 1.165) is 19.3 Å². The van der Waals surface area contributed by atoms with Crippen LogP contribution in [0.1, 0.15) is 25.7 Å². The Morgan fingerprint density at radius 3 is 2.79 bits per heavy atom. The summed E-state index contributed by atoms with van der Waals surface area (Å²) < 4.78 is 5.22. The summed E-state index contributed by atoms with van der Waals surface area (Å²) in [6.07, 6.45) is 3.09. The Bertz CT molecular complexity index is 223. The van der Waals surface area contributed by atoms with Gasteiger partial charge in [-0.1, -0.05) is 6.42 Å². The van der Waals surface area contributed by atoms with E-state index in [-0.39, 0.29) is 24.0 Å². The van der Waals surface area contributed by atoms with Crippen LogP contribution in [0.2, 0.25) is 0 Å². The topological polar surface area (TPSA) is 58.6 Å². The fourth-order valence-electron chi connectivity index (χ4n) is 2.51. The number of methoxy groups -OCH3 is 1. The number of hydrogen-bond donors (Lipinski definition) is 2. The van der Waals surface area contributed by atoms with Crippen LogP contribution in [0.5, 0.6) is 0 Å². The molecule has 14 heavy (non-hydrogen) atoms. The molecule has 0 aromatic rings. The quantitative estimate of drug-likeness (QED) is 0.618. The van der Waals surface area contributed by atoms with Gasteiger partial charge in [-0.25, -0.2) is 0 Å². The van der Waals surface area contributed by atoms with E-state index in [2.05, 4.69) is 5.32 Å². The summed E-state index contributed by atoms with van der Waals surface area (Å²) in [4.78, 5) is 10.8. The molecule has 2 aliphatic rings. The molecule has 1 saturated carbocycles. The van der Waals surface area contributed by atoms with Crippen LogP contribution < -0.4 is 5.32 Å². The molecule has 1 amide bonds. The molecule has 2 rings (SSSR count). The van der Waals surface area contributed by atoms with Crippen LogP contribution in [0.15, 0.2) is 0 Å². The third-order valence-electron chi connectivity index (χ3n) is 3.42. The van der Waals surface area contributed by atoms with Gasteiger partial charge in [0.15, 0.2) is 0 Å². The summed E-state index contributed by atoms with van der Waals surface area (Å²) in [5, 5.41) is 12.8. The molecule has 0 aromatic carbocycles. The van der Waals surface area contributed by atoms with Gasteiger partial charge in [0.05, 0.1) is 12.2 Å². The fourth-order valence-corrected chi connectivity index (χ4v) is 2.51. The van der Waals surface area contributed by atoms with E-state index in [1.807, 2.05) is 0 Å². The van der Waals surface area contributed by atoms with Crippen molar-refractivity contribution in [3.8, 4) is 0 Å². The predicted molar refractivity (Wildman–Crippen MR) is 50.7 cm³/mol. The Balaban J connectivity index is 1.94. The Kier molecular flexibility index (Phi) is 2.74. The Hall–Kier alpha value is -0.610. The maximum atomic E-state index is 10.8. The van der Waals surface area contributed by atoms with Crippen molar-refractivity contribution in [1.82, 2.24) is 5.32 Å². The minimum atomic E-state index is -0.417. The van der Waals surface area contributed by atoms with Crippen molar-refractivity contribution in [1.29, 1.82) is 0 Å². The van der Waals surface area contributed by atoms with Gasteiger partial charge in [0, 0.05) is 25.5 Å². The van der Waals surface area contributed by atoms with Gasteiger partial charge in [0.1, 0.15) is 0 Å². The second-order valence-corrected chi connectivity index (χ2v) is 4.24. The minimum Gasteiger partial charge on any atom is -0.390 e. The normalized spacial score (nSPS) is 42.9. The number of amides is 1. The summed E-state index contributed by atoms with van der Waals surface area (Å²) in [6, 6.07) is 0.176. The van der Waals surface area contributed by atoms with Crippen LogP contribution in [-0.4, -0.2) is 36.4 Å². The monoisotopic (exact) mass is 199 g/mol. The highest BCUT2D eigenvalue weighted by Gasteiger charge is 2.41. The first-order valence-electron chi connectivity index (χ1n) is 5.22. The lowest BCUT2D eigenvalue weighted by Gasteiger charge is -2.42. The highest BCUT2D eigenvalue weighted by atomic mass is 16.5. The second-order valence-electron chi connectivity index (χ2n) is 4.24. The first-order chi connectivity index (χ1) is 6.72. The first kappa shape index (κ1) is 9.93. The minimum absolute atomic E-state index is 0.0498. The van der Waals surface area contributed by atoms with E-state index in [9.17, 15) is 9.90 Å². The summed E-state index contributed by atoms with van der Waals surface area (Å²) in [5.74, 6) is 0.285. The van der Waals surface area contributed by atoms with Crippen LogP contribution in [0.4, 0.5) is 0 Å². The van der Waals surface area contributed by atoms with Crippen LogP contribution in [0, 0.1) is 5.92 Å². The zero-order chi connectivity index (χ0) is 10.1. The van der Waals surface area contributed by atoms with Gasteiger partial charge in [0.2, 0.25) is 5.91 Å². The van der Waals surface area contributed by atoms with Gasteiger partial charge < -0.3 is 15.2 Å². The molecule has 0 radical (unpaired) electrons. The van der Waals surface area contributed by atoms with Crippen molar-refractivity contribution in [2.45, 2.75) is 43.9 Å². The smallest absolute Gasteiger partial charge is 0.222 e. The van der Waals surface area contributed by atoms with E-state index in [0.29, 0.717) is 6.42 Å². The molecule has 4 nitrogen and oxygen atoms in total. The van der Waals surface area contributed by atoms with E-state index in [1.165, 1.54) is 0 Å². The van der Waals surface area contributed by atoms with Gasteiger partial charge in [-0.3, -0.25) is 4.79 Å². The molecule has 1 unspecified atom stereocenters. The molecular weight excluding hydrogens is 182 g/mol. The van der Waals surface area contributed by atoms with Gasteiger partial charge >= 0.3 is 0 Å². The van der Waals surface area contributed by atoms with E-state index >= 15 is 0 Å². The molecule has 1 heterocycles. The number of aliphatic hydroxyl groups excluding tert-OH is 1. The van der Waals surface area contributed by atoms with E-state index in [1.54, 1.807) is 7.11 Å². The number of rotatable bonds is 2. The highest BCUT2D eigenvalue weighted by Crippen LogP contribution is 2.32. The van der Waals surface area contributed by atoms with Crippen molar-refractivity contribution in [2.75, 3.05) is 7.11 Å². The maximum Gasteiger partial charge on any atom is 0.222 e. The number of carbonyl (C=O) groups excluding carboxylic acids is 1. The average Bonchev–Trinajstić information content (AvgIpc) is 2.14. The summed E-state index contributed by atoms with van der Waals surface area (Å²) in [6.45, 7) is 0. The molecule has 4 atom stereocenters. The highest BCUT2D eigenvalue weighted by molar-refractivity contribution is 5.82. The van der Waals surface area contributed by atoms with E-state index in [4.69, 9.17) is 4.74 Å². The molecule has 1 aliphatic carbocycles. The number of hydrogen-bond acceptors (Lipinski definition) is 3. The van der Waals surface area contributed by atoms with Crippen molar-refractivity contribution in [3.05, 3.63) is 0 Å². The molecule has 1 aliphatic heterocycles. The van der Waals surface area contributed by atoms with Crippen molar-refractivity contribution in [3.63, 3.8) is 0 Å². The van der Waals surface area contributed by atoms with Crippen molar-refractivity contribution < 1.29 is 14.6 Å². The molecule has 0 aromatic heterocycles. The van der Waals surface area contributed by atoms with Crippen molar-refractivity contribution in [2.24, 2.45) is 5.92 Å². The number of β-lactam (4-membered cyclic amide) rings is 1.